The maximum Gasteiger partial charge on any atom is 0.347 e. The minimum Gasteiger partial charge on any atom is -0.477 e. The Labute approximate surface area is 110 Å². The molecule has 1 aliphatic rings. The van der Waals surface area contributed by atoms with Crippen LogP contribution in [0.5, 0.6) is 0 Å². The molecule has 0 unspecified atom stereocenters. The number of hydrogen-bond acceptors (Lipinski definition) is 5. The zero-order valence-corrected chi connectivity index (χ0v) is 11.5. The Bertz CT molecular complexity index is 425. The summed E-state index contributed by atoms with van der Waals surface area (Å²) in [6.07, 6.45) is 2.30. The molecule has 1 aromatic heterocycles. The summed E-state index contributed by atoms with van der Waals surface area (Å²) in [6.45, 7) is 6.28. The van der Waals surface area contributed by atoms with Gasteiger partial charge < -0.3 is 14.7 Å². The lowest BCUT2D eigenvalue weighted by Crippen LogP contribution is -2.37. The topological polar surface area (TPSA) is 62.7 Å². The Morgan fingerprint density at radius 3 is 2.72 bits per heavy atom. The largest absolute Gasteiger partial charge is 0.477 e. The standard InChI is InChI=1S/C12H18N2O3S/c1-3-17-9-4-6-14(7-5-9)12-13-8(2)10(18-12)11(15)16/h9H,3-7H2,1-2H3,(H,15,16). The molecule has 1 aliphatic heterocycles. The fraction of sp³-hybridized carbons (Fsp3) is 0.667. The molecular weight excluding hydrogens is 252 g/mol. The van der Waals surface area contributed by atoms with Crippen molar-refractivity contribution in [2.75, 3.05) is 24.6 Å². The lowest BCUT2D eigenvalue weighted by molar-refractivity contribution is 0.0459. The zero-order valence-electron chi connectivity index (χ0n) is 10.7. The normalized spacial score (nSPS) is 17.1. The van der Waals surface area contributed by atoms with Crippen LogP contribution in [0.2, 0.25) is 0 Å². The number of ether oxygens (including phenoxy) is 1. The van der Waals surface area contributed by atoms with Crippen molar-refractivity contribution in [2.45, 2.75) is 32.8 Å². The van der Waals surface area contributed by atoms with Crippen LogP contribution in [-0.4, -0.2) is 41.9 Å². The number of anilines is 1. The van der Waals surface area contributed by atoms with Crippen LogP contribution in [0.4, 0.5) is 5.13 Å². The third-order valence-electron chi connectivity index (χ3n) is 3.09. The summed E-state index contributed by atoms with van der Waals surface area (Å²) < 4.78 is 5.60. The van der Waals surface area contributed by atoms with E-state index in [9.17, 15) is 4.79 Å². The molecule has 1 saturated heterocycles. The van der Waals surface area contributed by atoms with Gasteiger partial charge in [-0.25, -0.2) is 9.78 Å². The molecule has 0 aliphatic carbocycles. The molecule has 0 aromatic carbocycles. The van der Waals surface area contributed by atoms with Crippen LogP contribution < -0.4 is 4.90 Å². The van der Waals surface area contributed by atoms with Crippen molar-refractivity contribution in [3.8, 4) is 0 Å². The Hall–Kier alpha value is -1.14. The number of aryl methyl sites for hydroxylation is 1. The van der Waals surface area contributed by atoms with Gasteiger partial charge >= 0.3 is 5.97 Å². The van der Waals surface area contributed by atoms with Crippen LogP contribution in [0.3, 0.4) is 0 Å². The molecular formula is C12H18N2O3S. The van der Waals surface area contributed by atoms with Crippen molar-refractivity contribution < 1.29 is 14.6 Å². The van der Waals surface area contributed by atoms with E-state index >= 15 is 0 Å². The highest BCUT2D eigenvalue weighted by Crippen LogP contribution is 2.28. The molecule has 1 N–H and O–H groups in total. The fourth-order valence-corrected chi connectivity index (χ4v) is 3.12. The monoisotopic (exact) mass is 270 g/mol. The average molecular weight is 270 g/mol. The number of carboxylic acid groups (broad SMARTS) is 1. The number of aromatic nitrogens is 1. The first-order valence-corrected chi connectivity index (χ1v) is 7.00. The molecule has 2 rings (SSSR count). The number of aromatic carboxylic acids is 1. The number of hydrogen-bond donors (Lipinski definition) is 1. The number of thiazole rings is 1. The molecule has 5 nitrogen and oxygen atoms in total. The van der Waals surface area contributed by atoms with Crippen molar-refractivity contribution >= 4 is 22.4 Å². The van der Waals surface area contributed by atoms with E-state index in [2.05, 4.69) is 9.88 Å². The van der Waals surface area contributed by atoms with Crippen molar-refractivity contribution in [3.05, 3.63) is 10.6 Å². The van der Waals surface area contributed by atoms with E-state index in [0.717, 1.165) is 37.7 Å². The molecule has 0 saturated carbocycles. The molecule has 1 fully saturated rings. The van der Waals surface area contributed by atoms with Gasteiger partial charge in [-0.3, -0.25) is 0 Å². The highest BCUT2D eigenvalue weighted by atomic mass is 32.1. The molecule has 0 radical (unpaired) electrons. The highest BCUT2D eigenvalue weighted by Gasteiger charge is 2.23. The lowest BCUT2D eigenvalue weighted by atomic mass is 10.1. The molecule has 18 heavy (non-hydrogen) atoms. The van der Waals surface area contributed by atoms with Gasteiger partial charge in [0.05, 0.1) is 11.8 Å². The van der Waals surface area contributed by atoms with E-state index in [-0.39, 0.29) is 0 Å². The molecule has 2 heterocycles. The molecule has 0 bridgehead atoms. The first-order valence-electron chi connectivity index (χ1n) is 6.19. The van der Waals surface area contributed by atoms with Crippen LogP contribution in [0.15, 0.2) is 0 Å². The van der Waals surface area contributed by atoms with Gasteiger partial charge in [-0.1, -0.05) is 11.3 Å². The smallest absolute Gasteiger partial charge is 0.347 e. The van der Waals surface area contributed by atoms with Gasteiger partial charge in [0.1, 0.15) is 4.88 Å². The van der Waals surface area contributed by atoms with Gasteiger partial charge in [-0.2, -0.15) is 0 Å². The van der Waals surface area contributed by atoms with Gasteiger partial charge in [0.2, 0.25) is 0 Å². The average Bonchev–Trinajstić information content (AvgIpc) is 2.73. The van der Waals surface area contributed by atoms with Crippen molar-refractivity contribution in [1.29, 1.82) is 0 Å². The van der Waals surface area contributed by atoms with Gasteiger partial charge in [0, 0.05) is 19.7 Å². The third-order valence-corrected chi connectivity index (χ3v) is 4.30. The van der Waals surface area contributed by atoms with Crippen LogP contribution in [0, 0.1) is 6.92 Å². The van der Waals surface area contributed by atoms with E-state index in [1.165, 1.54) is 11.3 Å². The Morgan fingerprint density at radius 2 is 2.22 bits per heavy atom. The number of piperidine rings is 1. The van der Waals surface area contributed by atoms with E-state index in [0.29, 0.717) is 16.7 Å². The van der Waals surface area contributed by atoms with Gasteiger partial charge in [-0.05, 0) is 26.7 Å². The van der Waals surface area contributed by atoms with Gasteiger partial charge in [-0.15, -0.1) is 0 Å². The third kappa shape index (κ3) is 2.81. The minimum absolute atomic E-state index is 0.339. The SMILES string of the molecule is CCOC1CCN(c2nc(C)c(C(=O)O)s2)CC1. The van der Waals surface area contributed by atoms with Crippen LogP contribution in [0.25, 0.3) is 0 Å². The van der Waals surface area contributed by atoms with Crippen LogP contribution in [0.1, 0.15) is 35.1 Å². The number of carboxylic acids is 1. The molecule has 0 spiro atoms. The van der Waals surface area contributed by atoms with Crippen molar-refractivity contribution in [1.82, 2.24) is 4.98 Å². The maximum atomic E-state index is 11.0. The summed E-state index contributed by atoms with van der Waals surface area (Å²) in [5, 5.41) is 9.84. The Balaban J connectivity index is 2.01. The van der Waals surface area contributed by atoms with Gasteiger partial charge in [0.15, 0.2) is 5.13 Å². The highest BCUT2D eigenvalue weighted by molar-refractivity contribution is 7.17. The summed E-state index contributed by atoms with van der Waals surface area (Å²) in [7, 11) is 0. The molecule has 6 heteroatoms. The second-order valence-corrected chi connectivity index (χ2v) is 5.34. The summed E-state index contributed by atoms with van der Waals surface area (Å²) in [6, 6.07) is 0. The Kier molecular flexibility index (Phi) is 4.19. The van der Waals surface area contributed by atoms with E-state index < -0.39 is 5.97 Å². The second-order valence-electron chi connectivity index (χ2n) is 4.36. The maximum absolute atomic E-state index is 11.0. The van der Waals surface area contributed by atoms with E-state index in [4.69, 9.17) is 9.84 Å². The van der Waals surface area contributed by atoms with E-state index in [1.54, 1.807) is 6.92 Å². The number of nitrogens with zero attached hydrogens (tertiary/aromatic N) is 2. The summed E-state index contributed by atoms with van der Waals surface area (Å²) in [4.78, 5) is 17.8. The molecule has 100 valence electrons. The summed E-state index contributed by atoms with van der Waals surface area (Å²) in [5.74, 6) is -0.888. The first-order chi connectivity index (χ1) is 8.61. The molecule has 1 aromatic rings. The number of rotatable bonds is 4. The second kappa shape index (κ2) is 5.67. The predicted octanol–water partition coefficient (Wildman–Crippen LogP) is 2.16. The van der Waals surface area contributed by atoms with Gasteiger partial charge in [0.25, 0.3) is 0 Å². The quantitative estimate of drug-likeness (QED) is 0.908. The predicted molar refractivity (Wildman–Crippen MR) is 70.7 cm³/mol. The van der Waals surface area contributed by atoms with Crippen molar-refractivity contribution in [3.63, 3.8) is 0 Å². The summed E-state index contributed by atoms with van der Waals surface area (Å²) in [5.41, 5.74) is 0.606. The number of carbonyl (C=O) groups is 1. The lowest BCUT2D eigenvalue weighted by Gasteiger charge is -2.31. The minimum atomic E-state index is -0.888. The van der Waals surface area contributed by atoms with Crippen LogP contribution in [-0.2, 0) is 4.74 Å². The summed E-state index contributed by atoms with van der Waals surface area (Å²) >= 11 is 1.26. The first kappa shape index (κ1) is 13.3. The van der Waals surface area contributed by atoms with E-state index in [1.807, 2.05) is 6.92 Å². The molecule has 0 amide bonds. The fourth-order valence-electron chi connectivity index (χ4n) is 2.17. The zero-order chi connectivity index (χ0) is 13.1. The van der Waals surface area contributed by atoms with Crippen LogP contribution >= 0.6 is 11.3 Å². The Morgan fingerprint density at radius 1 is 1.56 bits per heavy atom. The van der Waals surface area contributed by atoms with Crippen molar-refractivity contribution in [2.24, 2.45) is 0 Å². The molecule has 0 atom stereocenters.